The lowest BCUT2D eigenvalue weighted by atomic mass is 9.85. The summed E-state index contributed by atoms with van der Waals surface area (Å²) in [4.78, 5) is 0. The summed E-state index contributed by atoms with van der Waals surface area (Å²) in [7, 11) is 0. The van der Waals surface area contributed by atoms with E-state index in [1.54, 1.807) is 0 Å². The Morgan fingerprint density at radius 1 is 0.192 bits per heavy atom. The van der Waals surface area contributed by atoms with Crippen LogP contribution in [0.1, 0.15) is 0 Å². The molecule has 0 unspecified atom stereocenters. The molecule has 0 heterocycles. The normalized spacial score (nSPS) is 11.5. The van der Waals surface area contributed by atoms with Crippen LogP contribution in [0.15, 0.2) is 206 Å². The number of fused-ring (bicyclic) bond motifs is 4. The van der Waals surface area contributed by atoms with Crippen molar-refractivity contribution < 1.29 is 0 Å². The maximum absolute atomic E-state index is 2.37. The molecule has 0 bridgehead atoms. The highest BCUT2D eigenvalue weighted by Crippen LogP contribution is 2.45. The van der Waals surface area contributed by atoms with Crippen molar-refractivity contribution in [1.29, 1.82) is 0 Å². The molecule has 242 valence electrons. The van der Waals surface area contributed by atoms with Crippen LogP contribution in [0.4, 0.5) is 0 Å². The summed E-state index contributed by atoms with van der Waals surface area (Å²) >= 11 is 0. The van der Waals surface area contributed by atoms with Crippen molar-refractivity contribution in [3.8, 4) is 55.6 Å². The van der Waals surface area contributed by atoms with Crippen LogP contribution in [0, 0.1) is 0 Å². The second-order valence-corrected chi connectivity index (χ2v) is 13.7. The zero-order valence-corrected chi connectivity index (χ0v) is 28.6. The molecule has 0 amide bonds. The van der Waals surface area contributed by atoms with Crippen LogP contribution in [-0.4, -0.2) is 0 Å². The van der Waals surface area contributed by atoms with Gasteiger partial charge in [0.1, 0.15) is 0 Å². The van der Waals surface area contributed by atoms with E-state index in [1.165, 1.54) is 98.7 Å². The molecule has 0 spiro atoms. The van der Waals surface area contributed by atoms with Gasteiger partial charge in [-0.2, -0.15) is 0 Å². The first-order valence-corrected chi connectivity index (χ1v) is 18.0. The zero-order chi connectivity index (χ0) is 34.4. The predicted octanol–water partition coefficient (Wildman–Crippen LogP) is 14.6. The summed E-state index contributed by atoms with van der Waals surface area (Å²) in [6, 6.07) is 75.5. The van der Waals surface area contributed by atoms with E-state index in [1.807, 2.05) is 0 Å². The van der Waals surface area contributed by atoms with Crippen LogP contribution in [0.2, 0.25) is 0 Å². The lowest BCUT2D eigenvalue weighted by Gasteiger charge is -2.18. The van der Waals surface area contributed by atoms with Crippen LogP contribution >= 0.6 is 0 Å². The molecule has 10 aromatic rings. The van der Waals surface area contributed by atoms with Gasteiger partial charge in [0.25, 0.3) is 0 Å². The molecule has 0 aromatic heterocycles. The lowest BCUT2D eigenvalue weighted by molar-refractivity contribution is 1.59. The van der Waals surface area contributed by atoms with Gasteiger partial charge in [0.15, 0.2) is 0 Å². The van der Waals surface area contributed by atoms with Gasteiger partial charge in [0, 0.05) is 0 Å². The van der Waals surface area contributed by atoms with Gasteiger partial charge in [-0.1, -0.05) is 188 Å². The monoisotopic (exact) mass is 658 g/mol. The maximum atomic E-state index is 2.37. The van der Waals surface area contributed by atoms with Crippen LogP contribution in [0.25, 0.3) is 98.7 Å². The second-order valence-electron chi connectivity index (χ2n) is 13.7. The summed E-state index contributed by atoms with van der Waals surface area (Å²) in [6.07, 6.45) is 0. The topological polar surface area (TPSA) is 0 Å². The molecular weight excluding hydrogens is 625 g/mol. The molecule has 0 N–H and O–H groups in total. The molecule has 0 atom stereocenters. The Morgan fingerprint density at radius 3 is 1.23 bits per heavy atom. The highest BCUT2D eigenvalue weighted by atomic mass is 14.2. The molecule has 0 aliphatic heterocycles. The van der Waals surface area contributed by atoms with Crippen molar-refractivity contribution in [3.63, 3.8) is 0 Å². The standard InChI is InChI=1S/C52H34/c1-2-14-39-32-43(31-26-35(39)12-1)41-17-9-16-40(33-41)42-18-10-19-44(34-42)52-49-23-7-5-21-47(49)51(48-22-6-8-24-50(48)52)38-29-27-37(28-30-38)46-25-11-15-36-13-3-4-20-45(36)46/h1-34H. The third kappa shape index (κ3) is 5.16. The van der Waals surface area contributed by atoms with Gasteiger partial charge >= 0.3 is 0 Å². The Balaban J connectivity index is 1.09. The zero-order valence-electron chi connectivity index (χ0n) is 28.6. The van der Waals surface area contributed by atoms with Crippen LogP contribution in [0.5, 0.6) is 0 Å². The SMILES string of the molecule is c1cc(-c2cccc(-c3c4ccccc4c(-c4ccc(-c5cccc6ccccc56)cc4)c4ccccc34)c2)cc(-c2ccc3ccccc3c2)c1. The number of hydrogen-bond acceptors (Lipinski definition) is 0. The number of rotatable bonds is 5. The first-order valence-electron chi connectivity index (χ1n) is 18.0. The smallest absolute Gasteiger partial charge is 0.00262 e. The molecule has 10 rings (SSSR count). The van der Waals surface area contributed by atoms with Gasteiger partial charge < -0.3 is 0 Å². The van der Waals surface area contributed by atoms with Gasteiger partial charge in [-0.3, -0.25) is 0 Å². The van der Waals surface area contributed by atoms with E-state index in [0.717, 1.165) is 0 Å². The van der Waals surface area contributed by atoms with Gasteiger partial charge in [-0.05, 0) is 117 Å². The van der Waals surface area contributed by atoms with Crippen molar-refractivity contribution in [3.05, 3.63) is 206 Å². The summed E-state index contributed by atoms with van der Waals surface area (Å²) in [5.41, 5.74) is 12.4. The molecule has 52 heavy (non-hydrogen) atoms. The number of hydrogen-bond donors (Lipinski definition) is 0. The molecule has 0 aliphatic carbocycles. The van der Waals surface area contributed by atoms with Crippen molar-refractivity contribution >= 4 is 43.1 Å². The Labute approximate surface area is 303 Å². The van der Waals surface area contributed by atoms with Crippen molar-refractivity contribution in [2.45, 2.75) is 0 Å². The summed E-state index contributed by atoms with van der Waals surface area (Å²) in [5.74, 6) is 0. The second kappa shape index (κ2) is 12.5. The highest BCUT2D eigenvalue weighted by molar-refractivity contribution is 6.21. The molecule has 0 aliphatic rings. The van der Waals surface area contributed by atoms with Gasteiger partial charge in [0.2, 0.25) is 0 Å². The molecule has 0 nitrogen and oxygen atoms in total. The molecule has 10 aromatic carbocycles. The van der Waals surface area contributed by atoms with E-state index in [-0.39, 0.29) is 0 Å². The molecule has 0 radical (unpaired) electrons. The van der Waals surface area contributed by atoms with E-state index < -0.39 is 0 Å². The van der Waals surface area contributed by atoms with E-state index in [4.69, 9.17) is 0 Å². The Kier molecular flexibility index (Phi) is 7.25. The van der Waals surface area contributed by atoms with Crippen LogP contribution in [-0.2, 0) is 0 Å². The summed E-state index contributed by atoms with van der Waals surface area (Å²) in [5, 5.41) is 10.1. The number of benzene rings is 10. The van der Waals surface area contributed by atoms with Gasteiger partial charge in [-0.15, -0.1) is 0 Å². The fourth-order valence-corrected chi connectivity index (χ4v) is 8.15. The average Bonchev–Trinajstić information content (AvgIpc) is 3.22. The van der Waals surface area contributed by atoms with Crippen molar-refractivity contribution in [1.82, 2.24) is 0 Å². The Bertz CT molecular complexity index is 2880. The lowest BCUT2D eigenvalue weighted by Crippen LogP contribution is -1.91. The van der Waals surface area contributed by atoms with E-state index in [0.29, 0.717) is 0 Å². The van der Waals surface area contributed by atoms with Crippen molar-refractivity contribution in [2.24, 2.45) is 0 Å². The third-order valence-corrected chi connectivity index (χ3v) is 10.6. The average molecular weight is 659 g/mol. The Hall–Kier alpha value is -6.76. The van der Waals surface area contributed by atoms with E-state index in [9.17, 15) is 0 Å². The summed E-state index contributed by atoms with van der Waals surface area (Å²) in [6.45, 7) is 0. The molecule has 0 saturated heterocycles. The van der Waals surface area contributed by atoms with E-state index in [2.05, 4.69) is 206 Å². The Morgan fingerprint density at radius 2 is 0.596 bits per heavy atom. The minimum Gasteiger partial charge on any atom is -0.0616 e. The maximum Gasteiger partial charge on any atom is -0.00262 e. The van der Waals surface area contributed by atoms with Gasteiger partial charge in [0.05, 0.1) is 0 Å². The largest absolute Gasteiger partial charge is 0.0616 e. The quantitative estimate of drug-likeness (QED) is 0.161. The van der Waals surface area contributed by atoms with E-state index >= 15 is 0 Å². The fourth-order valence-electron chi connectivity index (χ4n) is 8.15. The molecule has 0 fully saturated rings. The third-order valence-electron chi connectivity index (χ3n) is 10.6. The fraction of sp³-hybridized carbons (Fsp3) is 0. The highest BCUT2D eigenvalue weighted by Gasteiger charge is 2.17. The van der Waals surface area contributed by atoms with Gasteiger partial charge in [-0.25, -0.2) is 0 Å². The minimum atomic E-state index is 1.21. The van der Waals surface area contributed by atoms with Crippen molar-refractivity contribution in [2.75, 3.05) is 0 Å². The first kappa shape index (κ1) is 30.1. The minimum absolute atomic E-state index is 1.21. The van der Waals surface area contributed by atoms with Crippen LogP contribution in [0.3, 0.4) is 0 Å². The first-order chi connectivity index (χ1) is 25.8. The summed E-state index contributed by atoms with van der Waals surface area (Å²) < 4.78 is 0. The molecule has 0 heteroatoms. The molecular formula is C52H34. The molecule has 0 saturated carbocycles. The van der Waals surface area contributed by atoms with Crippen LogP contribution < -0.4 is 0 Å². The predicted molar refractivity (Wildman–Crippen MR) is 224 cm³/mol.